The molecular formula is C23H23NO5. The van der Waals surface area contributed by atoms with Crippen LogP contribution in [0.1, 0.15) is 18.4 Å². The molecule has 150 valence electrons. The Bertz CT molecular complexity index is 1100. The third-order valence-electron chi connectivity index (χ3n) is 6.07. The second kappa shape index (κ2) is 7.12. The van der Waals surface area contributed by atoms with Crippen molar-refractivity contribution >= 4 is 27.5 Å². The molecule has 1 N–H and O–H groups in total. The summed E-state index contributed by atoms with van der Waals surface area (Å²) in [7, 11) is 1.68. The van der Waals surface area contributed by atoms with Crippen molar-refractivity contribution in [3.05, 3.63) is 42.0 Å². The number of piperidine rings is 1. The summed E-state index contributed by atoms with van der Waals surface area (Å²) in [4.78, 5) is 13.6. The molecule has 29 heavy (non-hydrogen) atoms. The zero-order chi connectivity index (χ0) is 20.0. The minimum Gasteiger partial charge on any atom is -0.497 e. The number of aliphatic carboxylic acids is 1. The van der Waals surface area contributed by atoms with Crippen molar-refractivity contribution < 1.29 is 24.1 Å². The zero-order valence-corrected chi connectivity index (χ0v) is 16.3. The van der Waals surface area contributed by atoms with Crippen molar-refractivity contribution in [3.63, 3.8) is 0 Å². The number of benzene rings is 3. The molecule has 0 aliphatic carbocycles. The van der Waals surface area contributed by atoms with Crippen LogP contribution in [0, 0.1) is 5.92 Å². The lowest BCUT2D eigenvalue weighted by Crippen LogP contribution is -2.35. The van der Waals surface area contributed by atoms with Crippen molar-refractivity contribution in [2.24, 2.45) is 5.92 Å². The fourth-order valence-corrected chi connectivity index (χ4v) is 4.44. The van der Waals surface area contributed by atoms with Gasteiger partial charge in [-0.2, -0.15) is 0 Å². The van der Waals surface area contributed by atoms with E-state index in [0.717, 1.165) is 53.0 Å². The number of methoxy groups -OCH3 is 1. The smallest absolute Gasteiger partial charge is 0.306 e. The number of fused-ring (bicyclic) bond motifs is 4. The van der Waals surface area contributed by atoms with Gasteiger partial charge < -0.3 is 19.3 Å². The molecule has 3 aromatic carbocycles. The maximum atomic E-state index is 11.2. The minimum atomic E-state index is -0.677. The van der Waals surface area contributed by atoms with Crippen LogP contribution in [0.15, 0.2) is 36.4 Å². The van der Waals surface area contributed by atoms with Crippen molar-refractivity contribution in [2.75, 3.05) is 27.0 Å². The maximum Gasteiger partial charge on any atom is 0.306 e. The van der Waals surface area contributed by atoms with Gasteiger partial charge in [0, 0.05) is 6.54 Å². The lowest BCUT2D eigenvalue weighted by molar-refractivity contribution is -0.143. The first-order valence-electron chi connectivity index (χ1n) is 9.90. The molecule has 0 bridgehead atoms. The topological polar surface area (TPSA) is 68.2 Å². The summed E-state index contributed by atoms with van der Waals surface area (Å²) in [5, 5.41) is 13.8. The van der Waals surface area contributed by atoms with Crippen LogP contribution in [0.4, 0.5) is 0 Å². The molecular weight excluding hydrogens is 370 g/mol. The summed E-state index contributed by atoms with van der Waals surface area (Å²) in [6.07, 6.45) is 1.40. The zero-order valence-electron chi connectivity index (χ0n) is 16.3. The maximum absolute atomic E-state index is 11.2. The Balaban J connectivity index is 1.57. The molecule has 0 atom stereocenters. The Morgan fingerprint density at radius 2 is 1.83 bits per heavy atom. The first-order chi connectivity index (χ1) is 14.1. The molecule has 0 amide bonds. The van der Waals surface area contributed by atoms with E-state index in [1.165, 1.54) is 10.9 Å². The summed E-state index contributed by atoms with van der Waals surface area (Å²) < 4.78 is 16.6. The van der Waals surface area contributed by atoms with Gasteiger partial charge in [-0.25, -0.2) is 0 Å². The summed E-state index contributed by atoms with van der Waals surface area (Å²) in [6.45, 7) is 2.64. The number of rotatable bonds is 4. The molecule has 2 aliphatic heterocycles. The van der Waals surface area contributed by atoms with Gasteiger partial charge >= 0.3 is 5.97 Å². The van der Waals surface area contributed by atoms with Crippen molar-refractivity contribution in [1.29, 1.82) is 0 Å². The fourth-order valence-electron chi connectivity index (χ4n) is 4.44. The van der Waals surface area contributed by atoms with E-state index < -0.39 is 5.97 Å². The van der Waals surface area contributed by atoms with Gasteiger partial charge in [0.1, 0.15) is 5.75 Å². The van der Waals surface area contributed by atoms with E-state index in [-0.39, 0.29) is 12.7 Å². The van der Waals surface area contributed by atoms with Gasteiger partial charge in [0.2, 0.25) is 6.79 Å². The van der Waals surface area contributed by atoms with Crippen molar-refractivity contribution in [2.45, 2.75) is 19.4 Å². The number of carboxylic acids is 1. The highest BCUT2D eigenvalue weighted by Gasteiger charge is 2.25. The highest BCUT2D eigenvalue weighted by Crippen LogP contribution is 2.40. The predicted molar refractivity (Wildman–Crippen MR) is 110 cm³/mol. The van der Waals surface area contributed by atoms with Gasteiger partial charge in [-0.3, -0.25) is 9.69 Å². The van der Waals surface area contributed by atoms with Crippen LogP contribution < -0.4 is 14.2 Å². The first kappa shape index (κ1) is 18.1. The van der Waals surface area contributed by atoms with Gasteiger partial charge in [-0.1, -0.05) is 6.07 Å². The number of carbonyl (C=O) groups is 1. The third kappa shape index (κ3) is 3.23. The summed E-state index contributed by atoms with van der Waals surface area (Å²) in [5.74, 6) is 1.46. The molecule has 2 aliphatic rings. The summed E-state index contributed by atoms with van der Waals surface area (Å²) in [6, 6.07) is 12.5. The average Bonchev–Trinajstić information content (AvgIpc) is 3.20. The highest BCUT2D eigenvalue weighted by atomic mass is 16.7. The van der Waals surface area contributed by atoms with Crippen LogP contribution in [-0.4, -0.2) is 43.0 Å². The van der Waals surface area contributed by atoms with E-state index in [2.05, 4.69) is 23.1 Å². The van der Waals surface area contributed by atoms with Gasteiger partial charge in [0.25, 0.3) is 0 Å². The molecule has 1 fully saturated rings. The van der Waals surface area contributed by atoms with Crippen LogP contribution in [0.3, 0.4) is 0 Å². The average molecular weight is 393 g/mol. The monoisotopic (exact) mass is 393 g/mol. The minimum absolute atomic E-state index is 0.219. The molecule has 0 aromatic heterocycles. The lowest BCUT2D eigenvalue weighted by Gasteiger charge is -2.30. The van der Waals surface area contributed by atoms with Crippen molar-refractivity contribution in [3.8, 4) is 17.2 Å². The number of carboxylic acid groups (broad SMARTS) is 1. The third-order valence-corrected chi connectivity index (χ3v) is 6.07. The van der Waals surface area contributed by atoms with E-state index in [4.69, 9.17) is 14.2 Å². The molecule has 0 unspecified atom stereocenters. The molecule has 2 heterocycles. The van der Waals surface area contributed by atoms with E-state index in [9.17, 15) is 9.90 Å². The molecule has 3 aromatic rings. The Morgan fingerprint density at radius 1 is 1.07 bits per heavy atom. The van der Waals surface area contributed by atoms with E-state index >= 15 is 0 Å². The van der Waals surface area contributed by atoms with Crippen LogP contribution in [0.2, 0.25) is 0 Å². The molecule has 0 saturated carbocycles. The molecule has 6 nitrogen and oxygen atoms in total. The molecule has 1 saturated heterocycles. The number of ether oxygens (including phenoxy) is 3. The lowest BCUT2D eigenvalue weighted by atomic mass is 9.94. The molecule has 5 rings (SSSR count). The van der Waals surface area contributed by atoms with Crippen LogP contribution in [-0.2, 0) is 11.3 Å². The fraction of sp³-hybridized carbons (Fsp3) is 0.348. The Hall–Kier alpha value is -2.99. The van der Waals surface area contributed by atoms with Gasteiger partial charge in [0.05, 0.1) is 13.0 Å². The standard InChI is InChI=1S/C23H23NO5/c1-27-17-2-3-18-16(12-24-6-4-14(5-7-24)23(25)26)8-15-9-21-22(29-13-28-21)11-19(15)20(18)10-17/h2-3,8-11,14H,4-7,12-13H2,1H3,(H,25,26). The Kier molecular flexibility index (Phi) is 4.43. The Labute approximate surface area is 168 Å². The normalized spacial score (nSPS) is 17.1. The largest absolute Gasteiger partial charge is 0.497 e. The first-order valence-corrected chi connectivity index (χ1v) is 9.90. The number of nitrogens with zero attached hydrogens (tertiary/aromatic N) is 1. The summed E-state index contributed by atoms with van der Waals surface area (Å²) in [5.41, 5.74) is 1.22. The number of hydrogen-bond acceptors (Lipinski definition) is 5. The van der Waals surface area contributed by atoms with E-state index in [1.807, 2.05) is 18.2 Å². The van der Waals surface area contributed by atoms with E-state index in [1.54, 1.807) is 7.11 Å². The quantitative estimate of drug-likeness (QED) is 0.675. The van der Waals surface area contributed by atoms with Crippen LogP contribution in [0.5, 0.6) is 17.2 Å². The second-order valence-electron chi connectivity index (χ2n) is 7.76. The highest BCUT2D eigenvalue weighted by molar-refractivity contribution is 6.10. The van der Waals surface area contributed by atoms with Gasteiger partial charge in [0.15, 0.2) is 11.5 Å². The van der Waals surface area contributed by atoms with Crippen LogP contribution >= 0.6 is 0 Å². The molecule has 0 radical (unpaired) electrons. The van der Waals surface area contributed by atoms with Gasteiger partial charge in [-0.05, 0) is 83.4 Å². The van der Waals surface area contributed by atoms with Gasteiger partial charge in [-0.15, -0.1) is 0 Å². The van der Waals surface area contributed by atoms with Crippen molar-refractivity contribution in [1.82, 2.24) is 4.90 Å². The number of likely N-dealkylation sites (tertiary alicyclic amines) is 1. The second-order valence-corrected chi connectivity index (χ2v) is 7.76. The number of hydrogen-bond donors (Lipinski definition) is 1. The van der Waals surface area contributed by atoms with Crippen LogP contribution in [0.25, 0.3) is 21.5 Å². The molecule has 6 heteroatoms. The SMILES string of the molecule is COc1ccc2c(CN3CCC(C(=O)O)CC3)cc3cc4c(cc3c2c1)OCO4. The predicted octanol–water partition coefficient (Wildman–Crippen LogP) is 4.03. The molecule has 0 spiro atoms. The summed E-state index contributed by atoms with van der Waals surface area (Å²) >= 11 is 0. The Morgan fingerprint density at radius 3 is 2.55 bits per heavy atom. The van der Waals surface area contributed by atoms with E-state index in [0.29, 0.717) is 12.8 Å².